The molecule has 4 nitrogen and oxygen atoms in total. The summed E-state index contributed by atoms with van der Waals surface area (Å²) in [5.41, 5.74) is 1.34. The van der Waals surface area contributed by atoms with Crippen LogP contribution in [0.5, 0.6) is 0 Å². The highest BCUT2D eigenvalue weighted by Gasteiger charge is 2.31. The first-order valence-electron chi connectivity index (χ1n) is 8.85. The Labute approximate surface area is 139 Å². The van der Waals surface area contributed by atoms with Crippen molar-refractivity contribution < 1.29 is 9.53 Å². The fourth-order valence-corrected chi connectivity index (χ4v) is 3.72. The van der Waals surface area contributed by atoms with Crippen molar-refractivity contribution in [3.8, 4) is 0 Å². The molecule has 1 aromatic rings. The lowest BCUT2D eigenvalue weighted by Crippen LogP contribution is -2.50. The van der Waals surface area contributed by atoms with Crippen molar-refractivity contribution in [2.75, 3.05) is 33.4 Å². The number of ether oxygens (including phenoxy) is 1. The molecule has 126 valence electrons. The highest BCUT2D eigenvalue weighted by atomic mass is 16.5. The lowest BCUT2D eigenvalue weighted by Gasteiger charge is -2.39. The summed E-state index contributed by atoms with van der Waals surface area (Å²) in [6.07, 6.45) is 4.07. The van der Waals surface area contributed by atoms with Crippen LogP contribution in [0.1, 0.15) is 31.2 Å². The van der Waals surface area contributed by atoms with E-state index in [0.29, 0.717) is 11.9 Å². The predicted octanol–water partition coefficient (Wildman–Crippen LogP) is 2.54. The van der Waals surface area contributed by atoms with Crippen LogP contribution in [0.4, 0.5) is 0 Å². The molecule has 0 radical (unpaired) electrons. The minimum absolute atomic E-state index is 0.182. The third kappa shape index (κ3) is 4.33. The molecule has 4 heteroatoms. The molecule has 2 aliphatic rings. The third-order valence-electron chi connectivity index (χ3n) is 5.18. The van der Waals surface area contributed by atoms with Crippen molar-refractivity contribution in [1.82, 2.24) is 9.80 Å². The Morgan fingerprint density at radius 3 is 2.70 bits per heavy atom. The van der Waals surface area contributed by atoms with E-state index in [0.717, 1.165) is 52.1 Å². The van der Waals surface area contributed by atoms with Gasteiger partial charge in [0.05, 0.1) is 0 Å². The van der Waals surface area contributed by atoms with Crippen LogP contribution >= 0.6 is 0 Å². The maximum Gasteiger partial charge on any atom is 0.225 e. The van der Waals surface area contributed by atoms with E-state index in [2.05, 4.69) is 47.2 Å². The van der Waals surface area contributed by atoms with Gasteiger partial charge in [-0.05, 0) is 38.3 Å². The topological polar surface area (TPSA) is 32.8 Å². The molecular weight excluding hydrogens is 288 g/mol. The normalized spacial score (nSPS) is 23.2. The van der Waals surface area contributed by atoms with E-state index >= 15 is 0 Å². The number of benzene rings is 1. The Balaban J connectivity index is 1.55. The molecule has 1 atom stereocenters. The Morgan fingerprint density at radius 1 is 1.22 bits per heavy atom. The second-order valence-corrected chi connectivity index (χ2v) is 6.87. The number of likely N-dealkylation sites (N-methyl/N-ethyl adjacent to an activating group) is 1. The van der Waals surface area contributed by atoms with Crippen molar-refractivity contribution in [3.05, 3.63) is 35.9 Å². The fraction of sp³-hybridized carbons (Fsp3) is 0.632. The van der Waals surface area contributed by atoms with Gasteiger partial charge in [0, 0.05) is 44.8 Å². The summed E-state index contributed by atoms with van der Waals surface area (Å²) in [6, 6.07) is 11.0. The molecule has 0 bridgehead atoms. The van der Waals surface area contributed by atoms with Gasteiger partial charge in [0.2, 0.25) is 5.91 Å². The van der Waals surface area contributed by atoms with E-state index in [1.54, 1.807) is 0 Å². The van der Waals surface area contributed by atoms with Gasteiger partial charge in [-0.3, -0.25) is 9.69 Å². The van der Waals surface area contributed by atoms with Crippen LogP contribution in [0.3, 0.4) is 0 Å². The molecule has 2 aliphatic heterocycles. The lowest BCUT2D eigenvalue weighted by molar-refractivity contribution is -0.140. The summed E-state index contributed by atoms with van der Waals surface area (Å²) in [5, 5.41) is 0. The number of hydrogen-bond donors (Lipinski definition) is 0. The monoisotopic (exact) mass is 316 g/mol. The van der Waals surface area contributed by atoms with E-state index in [1.165, 1.54) is 12.0 Å². The first-order valence-corrected chi connectivity index (χ1v) is 8.85. The Bertz CT molecular complexity index is 499. The summed E-state index contributed by atoms with van der Waals surface area (Å²) < 4.78 is 5.38. The molecule has 1 aromatic carbocycles. The highest BCUT2D eigenvalue weighted by molar-refractivity contribution is 5.79. The van der Waals surface area contributed by atoms with E-state index in [1.807, 2.05) is 0 Å². The van der Waals surface area contributed by atoms with Crippen molar-refractivity contribution >= 4 is 5.91 Å². The summed E-state index contributed by atoms with van der Waals surface area (Å²) in [7, 11) is 2.18. The second-order valence-electron chi connectivity index (χ2n) is 6.87. The van der Waals surface area contributed by atoms with E-state index in [4.69, 9.17) is 4.74 Å². The van der Waals surface area contributed by atoms with Gasteiger partial charge in [0.1, 0.15) is 0 Å². The van der Waals surface area contributed by atoms with Crippen molar-refractivity contribution in [3.63, 3.8) is 0 Å². The van der Waals surface area contributed by atoms with E-state index < -0.39 is 0 Å². The smallest absolute Gasteiger partial charge is 0.225 e. The lowest BCUT2D eigenvalue weighted by atomic mass is 9.96. The zero-order valence-corrected chi connectivity index (χ0v) is 14.1. The molecule has 23 heavy (non-hydrogen) atoms. The summed E-state index contributed by atoms with van der Waals surface area (Å²) in [5.74, 6) is 0.535. The van der Waals surface area contributed by atoms with Gasteiger partial charge >= 0.3 is 0 Å². The minimum atomic E-state index is 0.182. The summed E-state index contributed by atoms with van der Waals surface area (Å²) in [4.78, 5) is 17.2. The number of rotatable bonds is 4. The second kappa shape index (κ2) is 7.93. The molecule has 0 saturated carbocycles. The summed E-state index contributed by atoms with van der Waals surface area (Å²) >= 11 is 0. The zero-order chi connectivity index (χ0) is 16.1. The van der Waals surface area contributed by atoms with Gasteiger partial charge in [0.15, 0.2) is 0 Å². The predicted molar refractivity (Wildman–Crippen MR) is 91.1 cm³/mol. The van der Waals surface area contributed by atoms with Gasteiger partial charge in [-0.2, -0.15) is 0 Å². The molecule has 0 spiro atoms. The van der Waals surface area contributed by atoms with Gasteiger partial charge in [0.25, 0.3) is 0 Å². The SMILES string of the molecule is CN(Cc1ccccc1)C1CCCN(C(=O)C2CCOCC2)C1. The largest absolute Gasteiger partial charge is 0.381 e. The quantitative estimate of drug-likeness (QED) is 0.856. The van der Waals surface area contributed by atoms with Gasteiger partial charge in [-0.1, -0.05) is 30.3 Å². The summed E-state index contributed by atoms with van der Waals surface area (Å²) in [6.45, 7) is 4.22. The Morgan fingerprint density at radius 2 is 1.96 bits per heavy atom. The van der Waals surface area contributed by atoms with Crippen LogP contribution in [-0.2, 0) is 16.1 Å². The van der Waals surface area contributed by atoms with Crippen LogP contribution in [0, 0.1) is 5.92 Å². The number of carbonyl (C=O) groups is 1. The maximum absolute atomic E-state index is 12.7. The molecule has 3 rings (SSSR count). The number of nitrogens with zero attached hydrogens (tertiary/aromatic N) is 2. The maximum atomic E-state index is 12.7. The molecule has 2 saturated heterocycles. The fourth-order valence-electron chi connectivity index (χ4n) is 3.72. The van der Waals surface area contributed by atoms with Crippen molar-refractivity contribution in [2.45, 2.75) is 38.3 Å². The third-order valence-corrected chi connectivity index (χ3v) is 5.18. The zero-order valence-electron chi connectivity index (χ0n) is 14.1. The van der Waals surface area contributed by atoms with Crippen LogP contribution < -0.4 is 0 Å². The minimum Gasteiger partial charge on any atom is -0.381 e. The average molecular weight is 316 g/mol. The van der Waals surface area contributed by atoms with E-state index in [9.17, 15) is 4.79 Å². The number of likely N-dealkylation sites (tertiary alicyclic amines) is 1. The van der Waals surface area contributed by atoms with Gasteiger partial charge in [-0.25, -0.2) is 0 Å². The van der Waals surface area contributed by atoms with Crippen molar-refractivity contribution in [2.24, 2.45) is 5.92 Å². The standard InChI is InChI=1S/C19H28N2O2/c1-20(14-16-6-3-2-4-7-16)18-8-5-11-21(15-18)19(22)17-9-12-23-13-10-17/h2-4,6-7,17-18H,5,8-15H2,1H3. The van der Waals surface area contributed by atoms with Crippen LogP contribution in [0.2, 0.25) is 0 Å². The van der Waals surface area contributed by atoms with E-state index in [-0.39, 0.29) is 5.92 Å². The van der Waals surface area contributed by atoms with Crippen molar-refractivity contribution in [1.29, 1.82) is 0 Å². The molecule has 2 fully saturated rings. The molecular formula is C19H28N2O2. The number of piperidine rings is 1. The van der Waals surface area contributed by atoms with Crippen LogP contribution in [-0.4, -0.2) is 55.1 Å². The molecule has 1 unspecified atom stereocenters. The van der Waals surface area contributed by atoms with Crippen LogP contribution in [0.25, 0.3) is 0 Å². The number of amides is 1. The Kier molecular flexibility index (Phi) is 5.68. The van der Waals surface area contributed by atoms with Gasteiger partial charge < -0.3 is 9.64 Å². The van der Waals surface area contributed by atoms with Crippen LogP contribution in [0.15, 0.2) is 30.3 Å². The first kappa shape index (κ1) is 16.5. The average Bonchev–Trinajstić information content (AvgIpc) is 2.63. The number of carbonyl (C=O) groups excluding carboxylic acids is 1. The molecule has 0 N–H and O–H groups in total. The molecule has 1 amide bonds. The molecule has 0 aliphatic carbocycles. The Hall–Kier alpha value is -1.39. The molecule has 0 aromatic heterocycles. The van der Waals surface area contributed by atoms with Gasteiger partial charge in [-0.15, -0.1) is 0 Å². The number of hydrogen-bond acceptors (Lipinski definition) is 3. The highest BCUT2D eigenvalue weighted by Crippen LogP contribution is 2.22. The molecule has 2 heterocycles. The first-order chi connectivity index (χ1) is 11.2.